The zero-order valence-corrected chi connectivity index (χ0v) is 12.3. The molecule has 0 aliphatic carbocycles. The lowest BCUT2D eigenvalue weighted by molar-refractivity contribution is 0.102. The second-order valence-corrected chi connectivity index (χ2v) is 5.20. The number of fused-ring (bicyclic) bond motifs is 1. The molecule has 1 amide bonds. The number of amides is 1. The third-order valence-electron chi connectivity index (χ3n) is 2.99. The molecular formula is C14H11BrN4O. The number of benzene rings is 2. The molecule has 0 saturated heterocycles. The first-order chi connectivity index (χ1) is 9.65. The van der Waals surface area contributed by atoms with Crippen molar-refractivity contribution in [2.75, 3.05) is 5.32 Å². The van der Waals surface area contributed by atoms with E-state index >= 15 is 0 Å². The maximum atomic E-state index is 12.2. The topological polar surface area (TPSA) is 59.8 Å². The number of aryl methyl sites for hydroxylation is 1. The van der Waals surface area contributed by atoms with Gasteiger partial charge in [-0.05, 0) is 46.3 Å². The minimum absolute atomic E-state index is 0.176. The van der Waals surface area contributed by atoms with E-state index in [-0.39, 0.29) is 5.91 Å². The van der Waals surface area contributed by atoms with E-state index in [1.54, 1.807) is 16.8 Å². The summed E-state index contributed by atoms with van der Waals surface area (Å²) in [6.07, 6.45) is 0. The van der Waals surface area contributed by atoms with E-state index in [0.717, 1.165) is 15.7 Å². The van der Waals surface area contributed by atoms with Gasteiger partial charge in [0.1, 0.15) is 5.52 Å². The highest BCUT2D eigenvalue weighted by Crippen LogP contribution is 2.22. The van der Waals surface area contributed by atoms with E-state index in [1.165, 1.54) is 0 Å². The number of hydrogen-bond donors (Lipinski definition) is 1. The number of nitrogens with zero attached hydrogens (tertiary/aromatic N) is 3. The Morgan fingerprint density at radius 2 is 2.05 bits per heavy atom. The molecule has 0 aliphatic rings. The molecule has 6 heteroatoms. The summed E-state index contributed by atoms with van der Waals surface area (Å²) < 4.78 is 2.51. The normalized spacial score (nSPS) is 10.7. The molecule has 20 heavy (non-hydrogen) atoms. The molecule has 0 aliphatic heterocycles. The number of para-hydroxylation sites is 1. The van der Waals surface area contributed by atoms with Crippen LogP contribution in [0.4, 0.5) is 5.69 Å². The average Bonchev–Trinajstić information content (AvgIpc) is 2.82. The Morgan fingerprint density at radius 3 is 2.85 bits per heavy atom. The molecule has 0 bridgehead atoms. The van der Waals surface area contributed by atoms with Gasteiger partial charge >= 0.3 is 0 Å². The molecule has 5 nitrogen and oxygen atoms in total. The Hall–Kier alpha value is -2.21. The first kappa shape index (κ1) is 12.8. The molecule has 3 aromatic rings. The molecule has 3 rings (SSSR count). The summed E-state index contributed by atoms with van der Waals surface area (Å²) in [5.41, 5.74) is 2.88. The van der Waals surface area contributed by atoms with Crippen LogP contribution >= 0.6 is 15.9 Å². The largest absolute Gasteiger partial charge is 0.321 e. The van der Waals surface area contributed by atoms with Crippen LogP contribution in [0.5, 0.6) is 0 Å². The molecule has 0 spiro atoms. The molecule has 100 valence electrons. The monoisotopic (exact) mass is 330 g/mol. The van der Waals surface area contributed by atoms with Crippen LogP contribution in [0.15, 0.2) is 46.9 Å². The summed E-state index contributed by atoms with van der Waals surface area (Å²) >= 11 is 3.40. The number of anilines is 1. The molecule has 0 fully saturated rings. The highest BCUT2D eigenvalue weighted by Gasteiger charge is 2.10. The number of rotatable bonds is 2. The summed E-state index contributed by atoms with van der Waals surface area (Å²) in [4.78, 5) is 12.2. The Kier molecular flexibility index (Phi) is 3.23. The van der Waals surface area contributed by atoms with Crippen LogP contribution in [0.1, 0.15) is 10.4 Å². The second-order valence-electron chi connectivity index (χ2n) is 4.35. The predicted octanol–water partition coefficient (Wildman–Crippen LogP) is 2.98. The standard InChI is InChI=1S/C14H11BrN4O/c1-19-13-7-6-9(8-12(13)17-18-19)14(20)16-11-5-3-2-4-10(11)15/h2-8H,1H3,(H,16,20). The van der Waals surface area contributed by atoms with Gasteiger partial charge in [0.2, 0.25) is 0 Å². The number of hydrogen-bond acceptors (Lipinski definition) is 3. The smallest absolute Gasteiger partial charge is 0.255 e. The van der Waals surface area contributed by atoms with Crippen molar-refractivity contribution in [1.82, 2.24) is 15.0 Å². The van der Waals surface area contributed by atoms with Gasteiger partial charge in [0.05, 0.1) is 11.2 Å². The zero-order chi connectivity index (χ0) is 14.1. The number of aromatic nitrogens is 3. The van der Waals surface area contributed by atoms with Gasteiger partial charge in [0, 0.05) is 17.1 Å². The van der Waals surface area contributed by atoms with Crippen molar-refractivity contribution in [3.63, 3.8) is 0 Å². The van der Waals surface area contributed by atoms with Crippen molar-refractivity contribution in [3.05, 3.63) is 52.5 Å². The Balaban J connectivity index is 1.91. The fraction of sp³-hybridized carbons (Fsp3) is 0.0714. The highest BCUT2D eigenvalue weighted by atomic mass is 79.9. The van der Waals surface area contributed by atoms with Gasteiger partial charge < -0.3 is 5.32 Å². The van der Waals surface area contributed by atoms with Crippen LogP contribution in [-0.4, -0.2) is 20.9 Å². The second kappa shape index (κ2) is 5.05. The Morgan fingerprint density at radius 1 is 1.25 bits per heavy atom. The molecule has 1 aromatic heterocycles. The zero-order valence-electron chi connectivity index (χ0n) is 10.7. The highest BCUT2D eigenvalue weighted by molar-refractivity contribution is 9.10. The first-order valence-corrected chi connectivity index (χ1v) is 6.80. The van der Waals surface area contributed by atoms with Gasteiger partial charge in [-0.15, -0.1) is 5.10 Å². The average molecular weight is 331 g/mol. The van der Waals surface area contributed by atoms with E-state index < -0.39 is 0 Å². The van der Waals surface area contributed by atoms with Crippen molar-refractivity contribution in [1.29, 1.82) is 0 Å². The summed E-state index contributed by atoms with van der Waals surface area (Å²) in [7, 11) is 1.82. The molecular weight excluding hydrogens is 320 g/mol. The minimum Gasteiger partial charge on any atom is -0.321 e. The summed E-state index contributed by atoms with van der Waals surface area (Å²) in [5, 5.41) is 10.8. The maximum Gasteiger partial charge on any atom is 0.255 e. The minimum atomic E-state index is -0.176. The summed E-state index contributed by atoms with van der Waals surface area (Å²) in [6, 6.07) is 12.8. The molecule has 0 unspecified atom stereocenters. The number of carbonyl (C=O) groups excluding carboxylic acids is 1. The maximum absolute atomic E-state index is 12.2. The van der Waals surface area contributed by atoms with Crippen LogP contribution in [0.2, 0.25) is 0 Å². The number of nitrogens with one attached hydrogen (secondary N) is 1. The van der Waals surface area contributed by atoms with Gasteiger partial charge in [0.25, 0.3) is 5.91 Å². The molecule has 2 aromatic carbocycles. The van der Waals surface area contributed by atoms with Gasteiger partial charge in [-0.1, -0.05) is 17.3 Å². The van der Waals surface area contributed by atoms with E-state index in [1.807, 2.05) is 37.4 Å². The third-order valence-corrected chi connectivity index (χ3v) is 3.69. The molecule has 1 heterocycles. The van der Waals surface area contributed by atoms with Crippen molar-refractivity contribution in [2.24, 2.45) is 7.05 Å². The van der Waals surface area contributed by atoms with E-state index in [4.69, 9.17) is 0 Å². The predicted molar refractivity (Wildman–Crippen MR) is 80.6 cm³/mol. The lowest BCUT2D eigenvalue weighted by Gasteiger charge is -2.07. The van der Waals surface area contributed by atoms with E-state index in [2.05, 4.69) is 31.6 Å². The molecule has 0 radical (unpaired) electrons. The van der Waals surface area contributed by atoms with Gasteiger partial charge in [0.15, 0.2) is 0 Å². The van der Waals surface area contributed by atoms with Crippen molar-refractivity contribution in [2.45, 2.75) is 0 Å². The number of carbonyl (C=O) groups is 1. The van der Waals surface area contributed by atoms with Gasteiger partial charge in [-0.25, -0.2) is 4.68 Å². The lowest BCUT2D eigenvalue weighted by Crippen LogP contribution is -2.12. The lowest BCUT2D eigenvalue weighted by atomic mass is 10.2. The van der Waals surface area contributed by atoms with Crippen molar-refractivity contribution >= 4 is 38.6 Å². The third kappa shape index (κ3) is 2.30. The number of halogens is 1. The Labute approximate surface area is 123 Å². The molecule has 0 saturated carbocycles. The first-order valence-electron chi connectivity index (χ1n) is 6.00. The fourth-order valence-electron chi connectivity index (χ4n) is 1.94. The van der Waals surface area contributed by atoms with Crippen molar-refractivity contribution < 1.29 is 4.79 Å². The van der Waals surface area contributed by atoms with E-state index in [0.29, 0.717) is 11.1 Å². The van der Waals surface area contributed by atoms with Crippen LogP contribution < -0.4 is 5.32 Å². The van der Waals surface area contributed by atoms with Gasteiger partial charge in [-0.3, -0.25) is 4.79 Å². The fourth-order valence-corrected chi connectivity index (χ4v) is 2.32. The van der Waals surface area contributed by atoms with Crippen molar-refractivity contribution in [3.8, 4) is 0 Å². The molecule has 1 N–H and O–H groups in total. The van der Waals surface area contributed by atoms with Crippen LogP contribution in [0, 0.1) is 0 Å². The summed E-state index contributed by atoms with van der Waals surface area (Å²) in [6.45, 7) is 0. The van der Waals surface area contributed by atoms with Crippen LogP contribution in [-0.2, 0) is 7.05 Å². The van der Waals surface area contributed by atoms with Gasteiger partial charge in [-0.2, -0.15) is 0 Å². The summed E-state index contributed by atoms with van der Waals surface area (Å²) in [5.74, 6) is -0.176. The van der Waals surface area contributed by atoms with Crippen LogP contribution in [0.3, 0.4) is 0 Å². The van der Waals surface area contributed by atoms with E-state index in [9.17, 15) is 4.79 Å². The quantitative estimate of drug-likeness (QED) is 0.785. The molecule has 0 atom stereocenters. The SMILES string of the molecule is Cn1nnc2cc(C(=O)Nc3ccccc3Br)ccc21. The Bertz CT molecular complexity index is 797. The van der Waals surface area contributed by atoms with Crippen LogP contribution in [0.25, 0.3) is 11.0 Å².